The van der Waals surface area contributed by atoms with Gasteiger partial charge in [0.15, 0.2) is 0 Å². The Morgan fingerprint density at radius 2 is 0.688 bits per heavy atom. The number of hydrogen-bond acceptors (Lipinski definition) is 0. The molecule has 0 heteroatoms. The molecule has 48 heavy (non-hydrogen) atoms. The molecule has 0 amide bonds. The molecule has 9 aromatic carbocycles. The monoisotopic (exact) mass is 606 g/mol. The molecule has 0 fully saturated rings. The zero-order chi connectivity index (χ0) is 31.6. The van der Waals surface area contributed by atoms with Crippen molar-refractivity contribution in [1.29, 1.82) is 0 Å². The van der Waals surface area contributed by atoms with Crippen LogP contribution < -0.4 is 0 Å². The minimum Gasteiger partial charge on any atom is -0.0622 e. The highest BCUT2D eigenvalue weighted by atomic mass is 14.4. The van der Waals surface area contributed by atoms with Gasteiger partial charge >= 0.3 is 0 Å². The van der Waals surface area contributed by atoms with Gasteiger partial charge in [-0.1, -0.05) is 176 Å². The summed E-state index contributed by atoms with van der Waals surface area (Å²) >= 11 is 0. The Hall–Kier alpha value is -6.24. The van der Waals surface area contributed by atoms with Crippen LogP contribution in [-0.2, 0) is 0 Å². The molecule has 9 aromatic rings. The predicted octanol–water partition coefficient (Wildman–Crippen LogP) is 13.5. The minimum absolute atomic E-state index is 1.21. The summed E-state index contributed by atoms with van der Waals surface area (Å²) in [6, 6.07) is 67.1. The third-order valence-electron chi connectivity index (χ3n) is 10.2. The first kappa shape index (κ1) is 26.9. The summed E-state index contributed by atoms with van der Waals surface area (Å²) in [5, 5.41) is 7.62. The molecule has 0 nitrogen and oxygen atoms in total. The van der Waals surface area contributed by atoms with Crippen molar-refractivity contribution in [3.63, 3.8) is 0 Å². The Morgan fingerprint density at radius 3 is 1.38 bits per heavy atom. The van der Waals surface area contributed by atoms with E-state index < -0.39 is 0 Å². The Labute approximate surface area is 280 Å². The van der Waals surface area contributed by atoms with E-state index in [1.807, 2.05) is 0 Å². The summed E-state index contributed by atoms with van der Waals surface area (Å²) in [5.74, 6) is 0. The average molecular weight is 607 g/mol. The lowest BCUT2D eigenvalue weighted by molar-refractivity contribution is 1.56. The van der Waals surface area contributed by atoms with Gasteiger partial charge in [-0.25, -0.2) is 0 Å². The first-order chi connectivity index (χ1) is 23.8. The van der Waals surface area contributed by atoms with Crippen LogP contribution in [-0.4, -0.2) is 0 Å². The number of benzene rings is 9. The molecule has 0 spiro atoms. The van der Waals surface area contributed by atoms with E-state index in [4.69, 9.17) is 0 Å². The zero-order valence-corrected chi connectivity index (χ0v) is 26.3. The van der Waals surface area contributed by atoms with Crippen LogP contribution in [0.2, 0.25) is 0 Å². The molecule has 222 valence electrons. The second-order valence-electron chi connectivity index (χ2n) is 12.8. The maximum atomic E-state index is 2.40. The van der Waals surface area contributed by atoms with Gasteiger partial charge in [-0.2, -0.15) is 0 Å². The number of rotatable bonds is 4. The Morgan fingerprint density at radius 1 is 0.229 bits per heavy atom. The van der Waals surface area contributed by atoms with Gasteiger partial charge in [-0.05, 0) is 105 Å². The summed E-state index contributed by atoms with van der Waals surface area (Å²) in [4.78, 5) is 0. The van der Waals surface area contributed by atoms with Crippen LogP contribution in [0, 0.1) is 0 Å². The molecule has 0 aliphatic heterocycles. The first-order valence-electron chi connectivity index (χ1n) is 16.7. The number of hydrogen-bond donors (Lipinski definition) is 0. The molecule has 0 atom stereocenters. The van der Waals surface area contributed by atoms with E-state index in [1.54, 1.807) is 0 Å². The van der Waals surface area contributed by atoms with E-state index in [1.165, 1.54) is 99.1 Å². The largest absolute Gasteiger partial charge is 0.0622 e. The lowest BCUT2D eigenvalue weighted by Gasteiger charge is -2.27. The van der Waals surface area contributed by atoms with Gasteiger partial charge in [-0.15, -0.1) is 0 Å². The Kier molecular flexibility index (Phi) is 5.98. The van der Waals surface area contributed by atoms with Crippen LogP contribution in [0.15, 0.2) is 182 Å². The molecule has 0 unspecified atom stereocenters. The SMILES string of the molecule is c1ccc(-c2c(-c3ccccc3)c(-c3cccc4ccccc34)c3c(c2-c2ccc4ccccc4c2)-c2cccc4cccc-3c24)cc1. The molecular weight excluding hydrogens is 577 g/mol. The van der Waals surface area contributed by atoms with Crippen molar-refractivity contribution in [2.45, 2.75) is 0 Å². The highest BCUT2D eigenvalue weighted by molar-refractivity contribution is 6.27. The van der Waals surface area contributed by atoms with Crippen LogP contribution in [0.4, 0.5) is 0 Å². The number of fused-ring (bicyclic) bond motifs is 5. The second-order valence-corrected chi connectivity index (χ2v) is 12.8. The molecule has 0 N–H and O–H groups in total. The van der Waals surface area contributed by atoms with Gasteiger partial charge in [0.1, 0.15) is 0 Å². The quantitative estimate of drug-likeness (QED) is 0.187. The standard InChI is InChI=1S/C48H30/c1-3-16-34(17-4-1)43-44(35-18-5-2-6-19-35)46(39-25-11-21-32-15-9-10-24-38(32)39)48-41-27-13-23-33-22-12-26-40(42(33)41)47(48)45(43)37-29-28-31-14-7-8-20-36(31)30-37/h1-30H. The zero-order valence-electron chi connectivity index (χ0n) is 26.3. The summed E-state index contributed by atoms with van der Waals surface area (Å²) < 4.78 is 0. The third kappa shape index (κ3) is 3.96. The van der Waals surface area contributed by atoms with Crippen molar-refractivity contribution in [2.75, 3.05) is 0 Å². The minimum atomic E-state index is 1.21. The summed E-state index contributed by atoms with van der Waals surface area (Å²) in [7, 11) is 0. The van der Waals surface area contributed by atoms with Crippen molar-refractivity contribution in [3.05, 3.63) is 182 Å². The second kappa shape index (κ2) is 10.7. The summed E-state index contributed by atoms with van der Waals surface area (Å²) in [6.45, 7) is 0. The van der Waals surface area contributed by atoms with Crippen LogP contribution in [0.5, 0.6) is 0 Å². The fraction of sp³-hybridized carbons (Fsp3) is 0. The van der Waals surface area contributed by atoms with E-state index in [0.717, 1.165) is 0 Å². The van der Waals surface area contributed by atoms with Gasteiger partial charge in [0.05, 0.1) is 0 Å². The van der Waals surface area contributed by atoms with Crippen molar-refractivity contribution < 1.29 is 0 Å². The molecule has 0 saturated carbocycles. The fourth-order valence-corrected chi connectivity index (χ4v) is 8.18. The van der Waals surface area contributed by atoms with Crippen molar-refractivity contribution >= 4 is 32.3 Å². The lowest BCUT2D eigenvalue weighted by atomic mass is 9.76. The van der Waals surface area contributed by atoms with Gasteiger partial charge in [0, 0.05) is 0 Å². The molecule has 0 radical (unpaired) electrons. The van der Waals surface area contributed by atoms with Gasteiger partial charge in [0.2, 0.25) is 0 Å². The topological polar surface area (TPSA) is 0 Å². The Balaban J connectivity index is 1.50. The summed E-state index contributed by atoms with van der Waals surface area (Å²) in [5.41, 5.74) is 15.3. The highest BCUT2D eigenvalue weighted by Crippen LogP contribution is 2.61. The molecule has 1 aliphatic rings. The maximum Gasteiger partial charge on any atom is -0.000697 e. The average Bonchev–Trinajstić information content (AvgIpc) is 3.49. The molecule has 1 aliphatic carbocycles. The molecule has 0 heterocycles. The van der Waals surface area contributed by atoms with E-state index in [-0.39, 0.29) is 0 Å². The third-order valence-corrected chi connectivity index (χ3v) is 10.2. The normalized spacial score (nSPS) is 11.8. The highest BCUT2D eigenvalue weighted by Gasteiger charge is 2.34. The van der Waals surface area contributed by atoms with Crippen LogP contribution >= 0.6 is 0 Å². The molecular formula is C48H30. The van der Waals surface area contributed by atoms with Gasteiger partial charge in [0.25, 0.3) is 0 Å². The fourth-order valence-electron chi connectivity index (χ4n) is 8.18. The molecule has 0 aromatic heterocycles. The van der Waals surface area contributed by atoms with Gasteiger partial charge in [-0.3, -0.25) is 0 Å². The van der Waals surface area contributed by atoms with E-state index >= 15 is 0 Å². The summed E-state index contributed by atoms with van der Waals surface area (Å²) in [6.07, 6.45) is 0. The van der Waals surface area contributed by atoms with Crippen LogP contribution in [0.1, 0.15) is 0 Å². The Bertz CT molecular complexity index is 2690. The smallest absolute Gasteiger partial charge is 0.000697 e. The molecule has 10 rings (SSSR count). The van der Waals surface area contributed by atoms with Crippen molar-refractivity contribution in [2.24, 2.45) is 0 Å². The van der Waals surface area contributed by atoms with Gasteiger partial charge < -0.3 is 0 Å². The van der Waals surface area contributed by atoms with Crippen molar-refractivity contribution in [3.8, 4) is 66.8 Å². The molecule has 0 bridgehead atoms. The van der Waals surface area contributed by atoms with Crippen molar-refractivity contribution in [1.82, 2.24) is 0 Å². The van der Waals surface area contributed by atoms with E-state index in [2.05, 4.69) is 182 Å². The maximum absolute atomic E-state index is 2.40. The van der Waals surface area contributed by atoms with Crippen LogP contribution in [0.25, 0.3) is 99.1 Å². The molecule has 0 saturated heterocycles. The van der Waals surface area contributed by atoms with E-state index in [0.29, 0.717) is 0 Å². The van der Waals surface area contributed by atoms with Crippen LogP contribution in [0.3, 0.4) is 0 Å². The predicted molar refractivity (Wildman–Crippen MR) is 205 cm³/mol. The van der Waals surface area contributed by atoms with E-state index in [9.17, 15) is 0 Å². The lowest BCUT2D eigenvalue weighted by Crippen LogP contribution is -2.00. The first-order valence-corrected chi connectivity index (χ1v) is 16.7.